The molecule has 1 aromatic carbocycles. The Morgan fingerprint density at radius 2 is 1.59 bits per heavy atom. The summed E-state index contributed by atoms with van der Waals surface area (Å²) in [6, 6.07) is 3.89. The van der Waals surface area contributed by atoms with E-state index in [-0.39, 0.29) is 17.5 Å². The molecule has 22 heavy (non-hydrogen) atoms. The smallest absolute Gasteiger partial charge is 0.406 e. The van der Waals surface area contributed by atoms with Crippen LogP contribution < -0.4 is 15.0 Å². The second-order valence-electron chi connectivity index (χ2n) is 5.26. The van der Waals surface area contributed by atoms with Gasteiger partial charge < -0.3 is 4.74 Å². The number of amides is 2. The number of fused-ring (bicyclic) bond motifs is 2. The lowest BCUT2D eigenvalue weighted by Gasteiger charge is -2.39. The maximum atomic E-state index is 12.3. The zero-order chi connectivity index (χ0) is 15.9. The number of carbonyl (C=O) groups is 2. The number of halogens is 3. The highest BCUT2D eigenvalue weighted by Gasteiger charge is 2.43. The second-order valence-corrected chi connectivity index (χ2v) is 5.26. The molecule has 2 bridgehead atoms. The van der Waals surface area contributed by atoms with E-state index in [1.165, 1.54) is 12.1 Å². The van der Waals surface area contributed by atoms with Crippen LogP contribution in [0.5, 0.6) is 5.75 Å². The van der Waals surface area contributed by atoms with Gasteiger partial charge in [0.1, 0.15) is 5.75 Å². The molecular formula is C14H13F3N2O3. The Hall–Kier alpha value is -2.09. The number of hydrogen-bond donors (Lipinski definition) is 1. The second kappa shape index (κ2) is 5.28. The van der Waals surface area contributed by atoms with Gasteiger partial charge in [0.25, 0.3) is 11.8 Å². The highest BCUT2D eigenvalue weighted by atomic mass is 19.4. The summed E-state index contributed by atoms with van der Waals surface area (Å²) in [6.45, 7) is 0. The first-order valence-corrected chi connectivity index (χ1v) is 6.85. The van der Waals surface area contributed by atoms with E-state index < -0.39 is 24.2 Å². The Kier molecular flexibility index (Phi) is 3.56. The van der Waals surface area contributed by atoms with E-state index in [1.54, 1.807) is 0 Å². The van der Waals surface area contributed by atoms with Gasteiger partial charge in [0.05, 0.1) is 17.8 Å². The normalized spacial score (nSPS) is 25.3. The first-order valence-electron chi connectivity index (χ1n) is 6.85. The summed E-state index contributed by atoms with van der Waals surface area (Å²) in [6.07, 6.45) is -2.69. The molecule has 2 fully saturated rings. The predicted molar refractivity (Wildman–Crippen MR) is 70.2 cm³/mol. The molecule has 0 radical (unpaired) electrons. The Morgan fingerprint density at radius 1 is 1.05 bits per heavy atom. The summed E-state index contributed by atoms with van der Waals surface area (Å²) in [5, 5.41) is 2.98. The van der Waals surface area contributed by atoms with Crippen LogP contribution in [-0.2, 0) is 9.59 Å². The number of benzene rings is 1. The average Bonchev–Trinajstić information content (AvgIpc) is 2.46. The van der Waals surface area contributed by atoms with Gasteiger partial charge in [-0.3, -0.25) is 14.9 Å². The minimum Gasteiger partial charge on any atom is -0.406 e. The summed E-state index contributed by atoms with van der Waals surface area (Å²) in [5.74, 6) is -1.14. The van der Waals surface area contributed by atoms with Crippen molar-refractivity contribution in [2.75, 3.05) is 4.90 Å². The molecule has 2 atom stereocenters. The van der Waals surface area contributed by atoms with Crippen LogP contribution in [-0.4, -0.2) is 30.3 Å². The topological polar surface area (TPSA) is 58.6 Å². The summed E-state index contributed by atoms with van der Waals surface area (Å²) >= 11 is 0. The molecule has 0 aliphatic carbocycles. The molecule has 8 heteroatoms. The quantitative estimate of drug-likeness (QED) is 0.848. The van der Waals surface area contributed by atoms with E-state index in [4.69, 9.17) is 0 Å². The monoisotopic (exact) mass is 314 g/mol. The van der Waals surface area contributed by atoms with Crippen molar-refractivity contribution >= 4 is 17.5 Å². The maximum absolute atomic E-state index is 12.3. The SMILES string of the molecule is O=C1C2CCCC(N2)C(=O)N1c1ccc(OC(F)(F)F)cc1. The highest BCUT2D eigenvalue weighted by molar-refractivity contribution is 6.20. The van der Waals surface area contributed by atoms with Crippen molar-refractivity contribution in [2.24, 2.45) is 0 Å². The minimum absolute atomic E-state index is 0.253. The molecule has 2 aliphatic rings. The van der Waals surface area contributed by atoms with Crippen LogP contribution in [0.15, 0.2) is 24.3 Å². The average molecular weight is 314 g/mol. The molecular weight excluding hydrogens is 301 g/mol. The number of alkyl halides is 3. The summed E-state index contributed by atoms with van der Waals surface area (Å²) < 4.78 is 40.2. The third-order valence-electron chi connectivity index (χ3n) is 3.75. The molecule has 2 aliphatic heterocycles. The largest absolute Gasteiger partial charge is 0.573 e. The number of rotatable bonds is 2. The number of anilines is 1. The van der Waals surface area contributed by atoms with Crippen molar-refractivity contribution in [3.63, 3.8) is 0 Å². The van der Waals surface area contributed by atoms with Crippen LogP contribution in [0.1, 0.15) is 19.3 Å². The molecule has 118 valence electrons. The van der Waals surface area contributed by atoms with Gasteiger partial charge >= 0.3 is 6.36 Å². The molecule has 2 heterocycles. The third kappa shape index (κ3) is 2.78. The number of carbonyl (C=O) groups excluding carboxylic acids is 2. The van der Waals surface area contributed by atoms with Crippen LogP contribution in [0.2, 0.25) is 0 Å². The van der Waals surface area contributed by atoms with Gasteiger partial charge in [-0.2, -0.15) is 0 Å². The zero-order valence-electron chi connectivity index (χ0n) is 11.4. The van der Waals surface area contributed by atoms with Crippen LogP contribution in [0.3, 0.4) is 0 Å². The van der Waals surface area contributed by atoms with Gasteiger partial charge in [0.15, 0.2) is 0 Å². The minimum atomic E-state index is -4.78. The van der Waals surface area contributed by atoms with Crippen molar-refractivity contribution < 1.29 is 27.5 Å². The fourth-order valence-corrected chi connectivity index (χ4v) is 2.80. The molecule has 2 saturated heterocycles. The van der Waals surface area contributed by atoms with E-state index in [2.05, 4.69) is 10.1 Å². The number of piperidine rings is 1. The molecule has 1 N–H and O–H groups in total. The van der Waals surface area contributed by atoms with E-state index in [9.17, 15) is 22.8 Å². The van der Waals surface area contributed by atoms with Crippen LogP contribution in [0.4, 0.5) is 18.9 Å². The Labute approximate surface area is 124 Å². The first kappa shape index (κ1) is 14.8. The molecule has 5 nitrogen and oxygen atoms in total. The van der Waals surface area contributed by atoms with E-state index >= 15 is 0 Å². The lowest BCUT2D eigenvalue weighted by molar-refractivity contribution is -0.274. The van der Waals surface area contributed by atoms with Crippen molar-refractivity contribution in [3.05, 3.63) is 24.3 Å². The van der Waals surface area contributed by atoms with Crippen molar-refractivity contribution in [1.82, 2.24) is 5.32 Å². The Bertz CT molecular complexity index is 578. The Balaban J connectivity index is 1.83. The Morgan fingerprint density at radius 3 is 2.09 bits per heavy atom. The number of nitrogens with one attached hydrogen (secondary N) is 1. The first-order chi connectivity index (χ1) is 10.3. The van der Waals surface area contributed by atoms with E-state index in [1.807, 2.05) is 0 Å². The van der Waals surface area contributed by atoms with Gasteiger partial charge in [0.2, 0.25) is 0 Å². The molecule has 2 amide bonds. The van der Waals surface area contributed by atoms with Crippen molar-refractivity contribution in [1.29, 1.82) is 0 Å². The number of ether oxygens (including phenoxy) is 1. The van der Waals surface area contributed by atoms with Crippen molar-refractivity contribution in [2.45, 2.75) is 37.7 Å². The molecule has 3 rings (SSSR count). The van der Waals surface area contributed by atoms with E-state index in [0.717, 1.165) is 23.5 Å². The van der Waals surface area contributed by atoms with Crippen LogP contribution in [0, 0.1) is 0 Å². The number of nitrogens with zero attached hydrogens (tertiary/aromatic N) is 1. The summed E-state index contributed by atoms with van der Waals surface area (Å²) in [7, 11) is 0. The number of imide groups is 1. The van der Waals surface area contributed by atoms with Crippen LogP contribution >= 0.6 is 0 Å². The van der Waals surface area contributed by atoms with Gasteiger partial charge in [-0.25, -0.2) is 4.90 Å². The molecule has 0 spiro atoms. The third-order valence-corrected chi connectivity index (χ3v) is 3.75. The van der Waals surface area contributed by atoms with Crippen LogP contribution in [0.25, 0.3) is 0 Å². The highest BCUT2D eigenvalue weighted by Crippen LogP contribution is 2.29. The van der Waals surface area contributed by atoms with Gasteiger partial charge in [-0.05, 0) is 43.5 Å². The van der Waals surface area contributed by atoms with E-state index in [0.29, 0.717) is 12.8 Å². The van der Waals surface area contributed by atoms with Gasteiger partial charge in [-0.15, -0.1) is 13.2 Å². The fraction of sp³-hybridized carbons (Fsp3) is 0.429. The lowest BCUT2D eigenvalue weighted by atomic mass is 9.92. The predicted octanol–water partition coefficient (Wildman–Crippen LogP) is 1.97. The lowest BCUT2D eigenvalue weighted by Crippen LogP contribution is -2.65. The van der Waals surface area contributed by atoms with Gasteiger partial charge in [0, 0.05) is 0 Å². The maximum Gasteiger partial charge on any atom is 0.573 e. The molecule has 1 aromatic rings. The van der Waals surface area contributed by atoms with Crippen molar-refractivity contribution in [3.8, 4) is 5.75 Å². The molecule has 0 aromatic heterocycles. The summed E-state index contributed by atoms with van der Waals surface area (Å²) in [5.41, 5.74) is 0.253. The fourth-order valence-electron chi connectivity index (χ4n) is 2.80. The number of hydrogen-bond acceptors (Lipinski definition) is 4. The molecule has 0 saturated carbocycles. The summed E-state index contributed by atoms with van der Waals surface area (Å²) in [4.78, 5) is 25.6. The zero-order valence-corrected chi connectivity index (χ0v) is 11.4. The number of piperazine rings is 1. The standard InChI is InChI=1S/C14H13F3N2O3/c15-14(16,17)22-9-6-4-8(5-7-9)19-12(20)10-2-1-3-11(18-10)13(19)21/h4-7,10-11,18H,1-3H2. The van der Waals surface area contributed by atoms with Gasteiger partial charge in [-0.1, -0.05) is 0 Å². The molecule has 2 unspecified atom stereocenters.